The van der Waals surface area contributed by atoms with E-state index < -0.39 is 15.8 Å². The van der Waals surface area contributed by atoms with E-state index in [-0.39, 0.29) is 23.4 Å². The van der Waals surface area contributed by atoms with E-state index in [0.717, 1.165) is 12.1 Å². The van der Waals surface area contributed by atoms with E-state index in [1.165, 1.54) is 22.7 Å². The van der Waals surface area contributed by atoms with Gasteiger partial charge in [-0.15, -0.1) is 0 Å². The van der Waals surface area contributed by atoms with E-state index in [2.05, 4.69) is 0 Å². The van der Waals surface area contributed by atoms with Crippen molar-refractivity contribution < 1.29 is 17.2 Å². The van der Waals surface area contributed by atoms with Gasteiger partial charge in [0.15, 0.2) is 0 Å². The largest absolute Gasteiger partial charge is 0.462 e. The first kappa shape index (κ1) is 17.7. The lowest BCUT2D eigenvalue weighted by Gasteiger charge is -2.34. The molecule has 1 saturated heterocycles. The Bertz CT molecular complexity index is 1130. The van der Waals surface area contributed by atoms with Gasteiger partial charge in [-0.25, -0.2) is 12.8 Å². The molecule has 0 unspecified atom stereocenters. The third-order valence-electron chi connectivity index (χ3n) is 4.69. The summed E-state index contributed by atoms with van der Waals surface area (Å²) in [7, 11) is -3.69. The highest BCUT2D eigenvalue weighted by molar-refractivity contribution is 7.89. The summed E-state index contributed by atoms with van der Waals surface area (Å²) in [5, 5.41) is 0.497. The van der Waals surface area contributed by atoms with Gasteiger partial charge in [-0.2, -0.15) is 4.31 Å². The van der Waals surface area contributed by atoms with Crippen LogP contribution in [0.3, 0.4) is 0 Å². The Kier molecular flexibility index (Phi) is 4.45. The first-order valence-electron chi connectivity index (χ1n) is 8.48. The SMILES string of the molecule is O=c1c(N2CCN(S(=O)(=O)c3ccc(F)cc3)CC2)coc2ccccc12. The third kappa shape index (κ3) is 3.22. The van der Waals surface area contributed by atoms with Crippen molar-refractivity contribution in [1.29, 1.82) is 0 Å². The predicted octanol–water partition coefficient (Wildman–Crippen LogP) is 2.44. The van der Waals surface area contributed by atoms with Gasteiger partial charge in [-0.05, 0) is 36.4 Å². The molecule has 1 aromatic heterocycles. The molecule has 2 aromatic carbocycles. The minimum Gasteiger partial charge on any atom is -0.462 e. The molecule has 2 heterocycles. The van der Waals surface area contributed by atoms with E-state index in [1.807, 2.05) is 4.90 Å². The quantitative estimate of drug-likeness (QED) is 0.689. The highest BCUT2D eigenvalue weighted by Gasteiger charge is 2.29. The second-order valence-electron chi connectivity index (χ2n) is 6.29. The predicted molar refractivity (Wildman–Crippen MR) is 99.9 cm³/mol. The van der Waals surface area contributed by atoms with Gasteiger partial charge in [0.2, 0.25) is 15.5 Å². The Labute approximate surface area is 155 Å². The van der Waals surface area contributed by atoms with Crippen molar-refractivity contribution in [3.63, 3.8) is 0 Å². The average Bonchev–Trinajstić information content (AvgIpc) is 2.69. The van der Waals surface area contributed by atoms with Gasteiger partial charge in [-0.3, -0.25) is 4.79 Å². The Morgan fingerprint density at radius 3 is 2.30 bits per heavy atom. The first-order valence-corrected chi connectivity index (χ1v) is 9.92. The van der Waals surface area contributed by atoms with E-state index in [1.54, 1.807) is 24.3 Å². The molecule has 27 heavy (non-hydrogen) atoms. The standard InChI is InChI=1S/C19H17FN2O4S/c20-14-5-7-15(8-6-14)27(24,25)22-11-9-21(10-12-22)17-13-26-18-4-2-1-3-16(18)19(17)23/h1-8,13H,9-12H2. The van der Waals surface area contributed by atoms with Crippen LogP contribution in [0.4, 0.5) is 10.1 Å². The number of nitrogens with zero attached hydrogens (tertiary/aromatic N) is 2. The first-order chi connectivity index (χ1) is 13.0. The molecule has 1 aliphatic heterocycles. The van der Waals surface area contributed by atoms with E-state index >= 15 is 0 Å². The summed E-state index contributed by atoms with van der Waals surface area (Å²) in [6.07, 6.45) is 1.43. The molecule has 0 saturated carbocycles. The highest BCUT2D eigenvalue weighted by atomic mass is 32.2. The lowest BCUT2D eigenvalue weighted by Crippen LogP contribution is -2.49. The van der Waals surface area contributed by atoms with Crippen molar-refractivity contribution in [3.8, 4) is 0 Å². The number of anilines is 1. The van der Waals surface area contributed by atoms with Crippen molar-refractivity contribution in [1.82, 2.24) is 4.31 Å². The molecule has 1 fully saturated rings. The fourth-order valence-corrected chi connectivity index (χ4v) is 4.63. The summed E-state index contributed by atoms with van der Waals surface area (Å²) in [5.41, 5.74) is 0.808. The number of rotatable bonds is 3. The monoisotopic (exact) mass is 388 g/mol. The van der Waals surface area contributed by atoms with Crippen LogP contribution in [-0.2, 0) is 10.0 Å². The summed E-state index contributed by atoms with van der Waals surface area (Å²) in [6, 6.07) is 11.8. The second-order valence-corrected chi connectivity index (χ2v) is 8.23. The van der Waals surface area contributed by atoms with Crippen LogP contribution in [-0.4, -0.2) is 38.9 Å². The summed E-state index contributed by atoms with van der Waals surface area (Å²) in [6.45, 7) is 1.19. The topological polar surface area (TPSA) is 70.8 Å². The lowest BCUT2D eigenvalue weighted by molar-refractivity contribution is 0.383. The van der Waals surface area contributed by atoms with Crippen molar-refractivity contribution in [2.75, 3.05) is 31.1 Å². The Balaban J connectivity index is 1.55. The maximum absolute atomic E-state index is 13.1. The van der Waals surface area contributed by atoms with Gasteiger partial charge < -0.3 is 9.32 Å². The number of benzene rings is 2. The van der Waals surface area contributed by atoms with Crippen LogP contribution in [0.15, 0.2) is 68.9 Å². The van der Waals surface area contributed by atoms with E-state index in [4.69, 9.17) is 4.42 Å². The molecule has 0 aliphatic carbocycles. The van der Waals surface area contributed by atoms with Crippen LogP contribution < -0.4 is 10.3 Å². The van der Waals surface area contributed by atoms with E-state index in [9.17, 15) is 17.6 Å². The number of hydrogen-bond donors (Lipinski definition) is 0. The minimum absolute atomic E-state index is 0.0579. The van der Waals surface area contributed by atoms with Crippen molar-refractivity contribution in [2.45, 2.75) is 4.90 Å². The van der Waals surface area contributed by atoms with Crippen LogP contribution >= 0.6 is 0 Å². The fraction of sp³-hybridized carbons (Fsp3) is 0.211. The molecule has 0 bridgehead atoms. The zero-order valence-electron chi connectivity index (χ0n) is 14.3. The molecule has 4 rings (SSSR count). The summed E-state index contributed by atoms with van der Waals surface area (Å²) < 4.78 is 45.3. The van der Waals surface area contributed by atoms with Gasteiger partial charge >= 0.3 is 0 Å². The number of fused-ring (bicyclic) bond motifs is 1. The molecule has 140 valence electrons. The smallest absolute Gasteiger partial charge is 0.243 e. The molecule has 0 amide bonds. The van der Waals surface area contributed by atoms with Gasteiger partial charge in [0.25, 0.3) is 0 Å². The number of piperazine rings is 1. The zero-order chi connectivity index (χ0) is 19.0. The van der Waals surface area contributed by atoms with Gasteiger partial charge in [0, 0.05) is 26.2 Å². The summed E-state index contributed by atoms with van der Waals surface area (Å²) in [4.78, 5) is 14.6. The molecule has 1 aliphatic rings. The number of hydrogen-bond acceptors (Lipinski definition) is 5. The Morgan fingerprint density at radius 2 is 1.59 bits per heavy atom. The van der Waals surface area contributed by atoms with Crippen LogP contribution in [0.5, 0.6) is 0 Å². The maximum atomic E-state index is 13.1. The van der Waals surface area contributed by atoms with Crippen molar-refractivity contribution >= 4 is 26.7 Å². The second kappa shape index (κ2) is 6.79. The van der Waals surface area contributed by atoms with Gasteiger partial charge in [-0.1, -0.05) is 12.1 Å². The molecular weight excluding hydrogens is 371 g/mol. The lowest BCUT2D eigenvalue weighted by atomic mass is 10.2. The number of halogens is 1. The minimum atomic E-state index is -3.69. The Morgan fingerprint density at radius 1 is 0.926 bits per heavy atom. The maximum Gasteiger partial charge on any atom is 0.243 e. The number of para-hydroxylation sites is 1. The highest BCUT2D eigenvalue weighted by Crippen LogP contribution is 2.21. The summed E-state index contributed by atoms with van der Waals surface area (Å²) in [5.74, 6) is -0.484. The van der Waals surface area contributed by atoms with Gasteiger partial charge in [0.05, 0.1) is 10.3 Å². The average molecular weight is 388 g/mol. The molecular formula is C19H17FN2O4S. The fourth-order valence-electron chi connectivity index (χ4n) is 3.21. The molecule has 8 heteroatoms. The summed E-state index contributed by atoms with van der Waals surface area (Å²) >= 11 is 0. The number of sulfonamides is 1. The van der Waals surface area contributed by atoms with Crippen LogP contribution in [0, 0.1) is 5.82 Å². The third-order valence-corrected chi connectivity index (χ3v) is 6.61. The van der Waals surface area contributed by atoms with Crippen molar-refractivity contribution in [2.24, 2.45) is 0 Å². The molecule has 6 nitrogen and oxygen atoms in total. The van der Waals surface area contributed by atoms with Crippen LogP contribution in [0.25, 0.3) is 11.0 Å². The molecule has 0 atom stereocenters. The van der Waals surface area contributed by atoms with Gasteiger partial charge in [0.1, 0.15) is 23.4 Å². The Hall–Kier alpha value is -2.71. The zero-order valence-corrected chi connectivity index (χ0v) is 15.2. The van der Waals surface area contributed by atoms with Crippen LogP contribution in [0.2, 0.25) is 0 Å². The molecule has 0 N–H and O–H groups in total. The molecule has 0 spiro atoms. The van der Waals surface area contributed by atoms with E-state index in [0.29, 0.717) is 29.7 Å². The molecule has 3 aromatic rings. The molecule has 0 radical (unpaired) electrons. The normalized spacial score (nSPS) is 16.0. The van der Waals surface area contributed by atoms with Crippen molar-refractivity contribution in [3.05, 3.63) is 70.8 Å². The van der Waals surface area contributed by atoms with Crippen LogP contribution in [0.1, 0.15) is 0 Å².